The van der Waals surface area contributed by atoms with Gasteiger partial charge in [0.15, 0.2) is 18.2 Å². The van der Waals surface area contributed by atoms with Crippen molar-refractivity contribution in [3.63, 3.8) is 0 Å². The Hall–Kier alpha value is -5.78. The number of amides is 4. The number of ether oxygens (including phenoxy) is 3. The maximum atomic E-state index is 13.1. The predicted octanol–water partition coefficient (Wildman–Crippen LogP) is 5.36. The van der Waals surface area contributed by atoms with E-state index in [2.05, 4.69) is 31.2 Å². The summed E-state index contributed by atoms with van der Waals surface area (Å²) in [4.78, 5) is 74.2. The summed E-state index contributed by atoms with van der Waals surface area (Å²) in [5.74, 6) is 1.29. The SMILES string of the molecule is CNC(=O)COc1cc2cc(Nc3nc(N4CCC(OC5CCC5)CC4)ncc3Cl)ccc2n(C(C)C)c1=O.COc1c(C2CCNCC2)ccc2c1CN(C1CCC(=O)NC1=O)C2=O. The molecule has 0 radical (unpaired) electrons. The number of hydrogen-bond donors (Lipinski definition) is 4. The Bertz CT molecular complexity index is 2500. The van der Waals surface area contributed by atoms with Crippen molar-refractivity contribution < 1.29 is 33.4 Å². The van der Waals surface area contributed by atoms with Crippen LogP contribution >= 0.6 is 11.6 Å². The molecular formula is C47H58ClN9O8. The minimum absolute atomic E-state index is 0.107. The second kappa shape index (κ2) is 20.2. The number of likely N-dealkylation sites (N-methyl/N-ethyl adjacent to an activating group) is 1. The first-order chi connectivity index (χ1) is 31.4. The molecule has 3 saturated heterocycles. The maximum Gasteiger partial charge on any atom is 0.293 e. The molecule has 4 amide bonds. The molecule has 18 heteroatoms. The molecule has 2 aromatic carbocycles. The zero-order valence-electron chi connectivity index (χ0n) is 37.4. The molecule has 4 fully saturated rings. The number of imide groups is 1. The van der Waals surface area contributed by atoms with Gasteiger partial charge in [-0.2, -0.15) is 4.98 Å². The average Bonchev–Trinajstić information content (AvgIpc) is 3.63. The van der Waals surface area contributed by atoms with Crippen LogP contribution in [0.25, 0.3) is 10.9 Å². The minimum Gasteiger partial charge on any atom is -0.496 e. The lowest BCUT2D eigenvalue weighted by Gasteiger charge is -2.36. The van der Waals surface area contributed by atoms with Crippen LogP contribution in [0.15, 0.2) is 47.4 Å². The van der Waals surface area contributed by atoms with Crippen molar-refractivity contribution in [2.45, 2.75) is 108 Å². The molecule has 4 aliphatic heterocycles. The first kappa shape index (κ1) is 45.8. The van der Waals surface area contributed by atoms with Crippen molar-refractivity contribution in [2.75, 3.05) is 57.2 Å². The van der Waals surface area contributed by atoms with E-state index < -0.39 is 6.04 Å². The van der Waals surface area contributed by atoms with Crippen LogP contribution in [0.4, 0.5) is 17.5 Å². The number of carbonyl (C=O) groups excluding carboxylic acids is 4. The van der Waals surface area contributed by atoms with Crippen LogP contribution in [-0.2, 0) is 25.7 Å². The fourth-order valence-electron chi connectivity index (χ4n) is 9.26. The van der Waals surface area contributed by atoms with Gasteiger partial charge in [0.25, 0.3) is 17.4 Å². The monoisotopic (exact) mass is 911 g/mol. The van der Waals surface area contributed by atoms with Gasteiger partial charge in [-0.25, -0.2) is 4.98 Å². The summed E-state index contributed by atoms with van der Waals surface area (Å²) in [6.45, 7) is 7.59. The highest BCUT2D eigenvalue weighted by Gasteiger charge is 2.41. The Balaban J connectivity index is 0.000000192. The van der Waals surface area contributed by atoms with Crippen molar-refractivity contribution in [3.8, 4) is 11.5 Å². The van der Waals surface area contributed by atoms with Gasteiger partial charge >= 0.3 is 0 Å². The van der Waals surface area contributed by atoms with E-state index in [1.54, 1.807) is 28.8 Å². The van der Waals surface area contributed by atoms with Gasteiger partial charge in [0.2, 0.25) is 17.8 Å². The van der Waals surface area contributed by atoms with Crippen LogP contribution in [0.5, 0.6) is 11.5 Å². The van der Waals surface area contributed by atoms with Gasteiger partial charge in [0.05, 0.1) is 37.6 Å². The number of fused-ring (bicyclic) bond motifs is 2. The standard InChI is InChI=1S/C28H35ClN6O4.C19H23N3O4/c1-17(2)35-23-8-7-19(13-18(23)14-24(27(35)37)38-16-25(36)30-3)32-26-22(29)15-31-28(33-26)34-11-9-21(10-12-34)39-20-5-4-6-20;1-26-17-12(11-6-8-20-9-7-11)2-3-13-14(17)10-22(19(13)25)15-4-5-16(23)21-18(15)24/h7-8,13-15,17,20-21H,4-6,9-12,16H2,1-3H3,(H,30,36)(H,31,32,33);2-3,11,15,20H,4-10H2,1H3,(H,21,23,24). The molecule has 6 heterocycles. The fourth-order valence-corrected chi connectivity index (χ4v) is 9.40. The number of anilines is 3. The van der Waals surface area contributed by atoms with Crippen molar-refractivity contribution in [1.29, 1.82) is 0 Å². The number of hydrogen-bond acceptors (Lipinski definition) is 13. The first-order valence-electron chi connectivity index (χ1n) is 22.7. The van der Waals surface area contributed by atoms with E-state index in [9.17, 15) is 24.0 Å². The lowest BCUT2D eigenvalue weighted by Crippen LogP contribution is -2.52. The summed E-state index contributed by atoms with van der Waals surface area (Å²) in [7, 11) is 3.16. The lowest BCUT2D eigenvalue weighted by molar-refractivity contribution is -0.137. The predicted molar refractivity (Wildman–Crippen MR) is 246 cm³/mol. The number of pyridine rings is 1. The molecule has 4 aromatic rings. The lowest BCUT2D eigenvalue weighted by atomic mass is 9.87. The van der Waals surface area contributed by atoms with Crippen LogP contribution in [0.2, 0.25) is 5.02 Å². The number of nitrogens with one attached hydrogen (secondary N) is 4. The largest absolute Gasteiger partial charge is 0.496 e. The average molecular weight is 912 g/mol. The second-order valence-electron chi connectivity index (χ2n) is 17.5. The highest BCUT2D eigenvalue weighted by atomic mass is 35.5. The molecule has 1 aliphatic carbocycles. The van der Waals surface area contributed by atoms with Crippen molar-refractivity contribution >= 4 is 63.6 Å². The topological polar surface area (TPSA) is 198 Å². The van der Waals surface area contributed by atoms with Gasteiger partial charge < -0.3 is 44.5 Å². The van der Waals surface area contributed by atoms with Crippen LogP contribution in [-0.4, -0.2) is 108 Å². The smallest absolute Gasteiger partial charge is 0.293 e. The second-order valence-corrected chi connectivity index (χ2v) is 17.9. The Morgan fingerprint density at radius 1 is 0.969 bits per heavy atom. The molecule has 1 atom stereocenters. The van der Waals surface area contributed by atoms with Gasteiger partial charge in [-0.1, -0.05) is 17.7 Å². The van der Waals surface area contributed by atoms with E-state index in [-0.39, 0.29) is 54.0 Å². The zero-order chi connectivity index (χ0) is 45.8. The third-order valence-electron chi connectivity index (χ3n) is 13.0. The Kier molecular flexibility index (Phi) is 14.2. The number of rotatable bonds is 12. The minimum atomic E-state index is -0.598. The van der Waals surface area contributed by atoms with E-state index >= 15 is 0 Å². The third kappa shape index (κ3) is 10.1. The van der Waals surface area contributed by atoms with E-state index in [1.165, 1.54) is 26.3 Å². The quantitative estimate of drug-likeness (QED) is 0.133. The van der Waals surface area contributed by atoms with Crippen LogP contribution < -0.4 is 41.2 Å². The van der Waals surface area contributed by atoms with Gasteiger partial charge in [-0.05, 0) is 120 Å². The van der Waals surface area contributed by atoms with Crippen LogP contribution in [0, 0.1) is 0 Å². The molecular weight excluding hydrogens is 854 g/mol. The number of halogens is 1. The molecule has 1 unspecified atom stereocenters. The van der Waals surface area contributed by atoms with Crippen LogP contribution in [0.1, 0.15) is 105 Å². The molecule has 2 aromatic heterocycles. The third-order valence-corrected chi connectivity index (χ3v) is 13.3. The number of piperidine rings is 3. The molecule has 17 nitrogen and oxygen atoms in total. The Morgan fingerprint density at radius 3 is 2.40 bits per heavy atom. The van der Waals surface area contributed by atoms with Crippen molar-refractivity contribution in [2.24, 2.45) is 0 Å². The summed E-state index contributed by atoms with van der Waals surface area (Å²) >= 11 is 6.47. The number of aromatic nitrogens is 3. The Labute approximate surface area is 382 Å². The summed E-state index contributed by atoms with van der Waals surface area (Å²) in [6.07, 6.45) is 10.6. The number of benzene rings is 2. The molecule has 1 saturated carbocycles. The molecule has 346 valence electrons. The molecule has 65 heavy (non-hydrogen) atoms. The summed E-state index contributed by atoms with van der Waals surface area (Å²) in [5.41, 5.74) is 3.82. The van der Waals surface area contributed by atoms with Crippen molar-refractivity contribution in [1.82, 2.24) is 35.4 Å². The van der Waals surface area contributed by atoms with E-state index in [0.717, 1.165) is 85.3 Å². The molecule has 0 spiro atoms. The molecule has 0 bridgehead atoms. The van der Waals surface area contributed by atoms with E-state index in [0.29, 0.717) is 53.4 Å². The summed E-state index contributed by atoms with van der Waals surface area (Å²) in [6, 6.07) is 10.5. The first-order valence-corrected chi connectivity index (χ1v) is 23.1. The van der Waals surface area contributed by atoms with Crippen LogP contribution in [0.3, 0.4) is 0 Å². The van der Waals surface area contributed by atoms with E-state index in [1.807, 2.05) is 44.2 Å². The highest BCUT2D eigenvalue weighted by Crippen LogP contribution is 2.41. The normalized spacial score (nSPS) is 19.4. The highest BCUT2D eigenvalue weighted by molar-refractivity contribution is 6.33. The molecule has 9 rings (SSSR count). The fraction of sp³-hybridized carbons (Fsp3) is 0.511. The molecule has 5 aliphatic rings. The van der Waals surface area contributed by atoms with E-state index in [4.69, 9.17) is 30.8 Å². The maximum absolute atomic E-state index is 13.1. The van der Waals surface area contributed by atoms with Gasteiger partial charge in [0, 0.05) is 54.8 Å². The van der Waals surface area contributed by atoms with Crippen molar-refractivity contribution in [3.05, 3.63) is 74.7 Å². The zero-order valence-corrected chi connectivity index (χ0v) is 38.2. The number of nitrogens with zero attached hydrogens (tertiary/aromatic N) is 5. The molecule has 4 N–H and O–H groups in total. The summed E-state index contributed by atoms with van der Waals surface area (Å²) < 4.78 is 19.1. The summed E-state index contributed by atoms with van der Waals surface area (Å²) in [5, 5.41) is 12.7. The number of methoxy groups -OCH3 is 1. The van der Waals surface area contributed by atoms with Gasteiger partial charge in [0.1, 0.15) is 16.8 Å². The van der Waals surface area contributed by atoms with Gasteiger partial charge in [-0.3, -0.25) is 29.3 Å². The number of carbonyl (C=O) groups is 4. The Morgan fingerprint density at radius 2 is 1.72 bits per heavy atom. The van der Waals surface area contributed by atoms with Gasteiger partial charge in [-0.15, -0.1) is 0 Å².